The molecule has 0 bridgehead atoms. The van der Waals surface area contributed by atoms with Crippen LogP contribution in [0, 0.1) is 5.92 Å². The Balaban J connectivity index is 1.55. The van der Waals surface area contributed by atoms with Crippen molar-refractivity contribution in [3.63, 3.8) is 0 Å². The number of nitrogens with zero attached hydrogens (tertiary/aromatic N) is 1. The number of carbonyl (C=O) groups is 2. The van der Waals surface area contributed by atoms with E-state index in [1.807, 2.05) is 30.3 Å². The summed E-state index contributed by atoms with van der Waals surface area (Å²) in [5.41, 5.74) is 2.09. The molecule has 0 radical (unpaired) electrons. The van der Waals surface area contributed by atoms with Gasteiger partial charge in [-0.2, -0.15) is 0 Å². The van der Waals surface area contributed by atoms with Gasteiger partial charge in [-0.1, -0.05) is 30.3 Å². The number of halogens is 2. The summed E-state index contributed by atoms with van der Waals surface area (Å²) in [4.78, 5) is 29.2. The monoisotopic (exact) mass is 472 g/mol. The molecule has 9 heteroatoms. The van der Waals surface area contributed by atoms with Crippen molar-refractivity contribution in [2.24, 2.45) is 5.92 Å². The van der Waals surface area contributed by atoms with Crippen molar-refractivity contribution in [3.8, 4) is 0 Å². The van der Waals surface area contributed by atoms with Gasteiger partial charge in [-0.3, -0.25) is 4.79 Å². The van der Waals surface area contributed by atoms with Gasteiger partial charge in [-0.15, -0.1) is 0 Å². The van der Waals surface area contributed by atoms with E-state index in [0.717, 1.165) is 5.56 Å². The van der Waals surface area contributed by atoms with Crippen molar-refractivity contribution in [2.75, 3.05) is 13.7 Å². The Morgan fingerprint density at radius 2 is 1.91 bits per heavy atom. The molecular formula is C25H26F2N2O5. The smallest absolute Gasteiger partial charge is 0.408 e. The average Bonchev–Trinajstić information content (AvgIpc) is 3.25. The topological polar surface area (TPSA) is 90.7 Å². The van der Waals surface area contributed by atoms with Crippen LogP contribution in [0.3, 0.4) is 0 Å². The number of carbonyl (C=O) groups excluding carboxylic acids is 2. The van der Waals surface area contributed by atoms with Crippen molar-refractivity contribution >= 4 is 23.0 Å². The molecule has 7 nitrogen and oxygen atoms in total. The summed E-state index contributed by atoms with van der Waals surface area (Å²) in [5.74, 6) is -3.03. The number of rotatable bonds is 8. The maximum absolute atomic E-state index is 13.8. The number of hydrogen-bond donors (Lipinski definition) is 1. The molecule has 34 heavy (non-hydrogen) atoms. The number of oxazole rings is 1. The Morgan fingerprint density at radius 3 is 2.62 bits per heavy atom. The Hall–Kier alpha value is -3.33. The molecule has 1 aliphatic rings. The highest BCUT2D eigenvalue weighted by atomic mass is 19.3. The van der Waals surface area contributed by atoms with Gasteiger partial charge in [0.05, 0.1) is 0 Å². The number of alkyl halides is 2. The van der Waals surface area contributed by atoms with Crippen LogP contribution in [-0.4, -0.2) is 36.5 Å². The zero-order chi connectivity index (χ0) is 24.1. The lowest BCUT2D eigenvalue weighted by atomic mass is 9.82. The Morgan fingerprint density at radius 1 is 1.18 bits per heavy atom. The molecule has 1 aliphatic carbocycles. The number of amides is 1. The van der Waals surface area contributed by atoms with Gasteiger partial charge in [-0.05, 0) is 42.5 Å². The number of ketones is 1. The molecule has 1 atom stereocenters. The van der Waals surface area contributed by atoms with Gasteiger partial charge in [0.25, 0.3) is 0 Å². The number of aromatic nitrogens is 1. The first-order chi connectivity index (χ1) is 16.3. The summed E-state index contributed by atoms with van der Waals surface area (Å²) in [6.07, 6.45) is -0.834. The van der Waals surface area contributed by atoms with E-state index in [4.69, 9.17) is 13.9 Å². The van der Waals surface area contributed by atoms with Crippen LogP contribution in [0.1, 0.15) is 53.5 Å². The molecule has 1 N–H and O–H groups in total. The maximum atomic E-state index is 13.8. The normalized spacial score (nSPS) is 16.8. The lowest BCUT2D eigenvalue weighted by molar-refractivity contribution is -0.0505. The van der Waals surface area contributed by atoms with Crippen molar-refractivity contribution in [2.45, 2.75) is 44.3 Å². The molecule has 4 rings (SSSR count). The van der Waals surface area contributed by atoms with Crippen molar-refractivity contribution < 1.29 is 32.3 Å². The van der Waals surface area contributed by atoms with E-state index in [1.165, 1.54) is 7.11 Å². The molecule has 2 aromatic carbocycles. The van der Waals surface area contributed by atoms with Crippen LogP contribution in [0.15, 0.2) is 52.9 Å². The van der Waals surface area contributed by atoms with Gasteiger partial charge >= 0.3 is 6.09 Å². The molecule has 0 aliphatic heterocycles. The van der Waals surface area contributed by atoms with Gasteiger partial charge < -0.3 is 19.2 Å². The first-order valence-corrected chi connectivity index (χ1v) is 11.1. The predicted octanol–water partition coefficient (Wildman–Crippen LogP) is 5.45. The minimum absolute atomic E-state index is 0.0655. The number of fused-ring (bicyclic) bond motifs is 1. The largest absolute Gasteiger partial charge is 0.445 e. The van der Waals surface area contributed by atoms with Crippen LogP contribution < -0.4 is 5.32 Å². The minimum Gasteiger partial charge on any atom is -0.445 e. The van der Waals surface area contributed by atoms with Crippen molar-refractivity contribution in [1.82, 2.24) is 10.3 Å². The molecule has 0 unspecified atom stereocenters. The lowest BCUT2D eigenvalue weighted by Crippen LogP contribution is -2.37. The summed E-state index contributed by atoms with van der Waals surface area (Å²) < 4.78 is 43.7. The molecule has 0 spiro atoms. The first kappa shape index (κ1) is 23.8. The molecule has 1 fully saturated rings. The van der Waals surface area contributed by atoms with Crippen LogP contribution >= 0.6 is 0 Å². The number of ether oxygens (including phenoxy) is 2. The van der Waals surface area contributed by atoms with E-state index in [9.17, 15) is 18.4 Å². The third-order valence-electron chi connectivity index (χ3n) is 5.99. The van der Waals surface area contributed by atoms with Crippen LogP contribution in [0.4, 0.5) is 13.6 Å². The summed E-state index contributed by atoms with van der Waals surface area (Å²) in [6, 6.07) is 13.3. The van der Waals surface area contributed by atoms with Gasteiger partial charge in [0.15, 0.2) is 11.4 Å². The highest BCUT2D eigenvalue weighted by molar-refractivity contribution is 5.99. The molecule has 0 saturated heterocycles. The highest BCUT2D eigenvalue weighted by Gasteiger charge is 2.40. The van der Waals surface area contributed by atoms with Crippen molar-refractivity contribution in [1.29, 1.82) is 0 Å². The van der Waals surface area contributed by atoms with E-state index >= 15 is 0 Å². The number of methoxy groups -OCH3 is 1. The Labute approximate surface area is 195 Å². The Kier molecular flexibility index (Phi) is 7.21. The molecule has 1 heterocycles. The fraction of sp³-hybridized carbons (Fsp3) is 0.400. The quantitative estimate of drug-likeness (QED) is 0.439. The van der Waals surface area contributed by atoms with E-state index < -0.39 is 18.1 Å². The molecule has 1 aromatic heterocycles. The maximum Gasteiger partial charge on any atom is 0.408 e. The summed E-state index contributed by atoms with van der Waals surface area (Å²) in [7, 11) is 1.44. The average molecular weight is 472 g/mol. The number of alkyl carbamates (subject to hydrolysis) is 1. The second kappa shape index (κ2) is 10.3. The van der Waals surface area contributed by atoms with E-state index in [0.29, 0.717) is 16.7 Å². The van der Waals surface area contributed by atoms with Crippen LogP contribution in [0.25, 0.3) is 11.1 Å². The summed E-state index contributed by atoms with van der Waals surface area (Å²) >= 11 is 0. The van der Waals surface area contributed by atoms with Gasteiger partial charge in [0, 0.05) is 25.5 Å². The molecular weight excluding hydrogens is 446 g/mol. The molecule has 1 saturated carbocycles. The van der Waals surface area contributed by atoms with Crippen LogP contribution in [-0.2, 0) is 16.1 Å². The first-order valence-electron chi connectivity index (χ1n) is 11.1. The number of benzene rings is 2. The molecule has 1 amide bonds. The molecule has 3 aromatic rings. The van der Waals surface area contributed by atoms with E-state index in [2.05, 4.69) is 10.3 Å². The second-order valence-corrected chi connectivity index (χ2v) is 8.47. The third-order valence-corrected chi connectivity index (χ3v) is 5.99. The fourth-order valence-corrected chi connectivity index (χ4v) is 4.13. The lowest BCUT2D eigenvalue weighted by Gasteiger charge is -2.32. The number of hydrogen-bond acceptors (Lipinski definition) is 6. The van der Waals surface area contributed by atoms with Gasteiger partial charge in [0.2, 0.25) is 11.8 Å². The van der Waals surface area contributed by atoms with E-state index in [-0.39, 0.29) is 56.5 Å². The highest BCUT2D eigenvalue weighted by Crippen LogP contribution is 2.41. The molecule has 180 valence electrons. The van der Waals surface area contributed by atoms with Gasteiger partial charge in [0.1, 0.15) is 24.8 Å². The van der Waals surface area contributed by atoms with E-state index in [1.54, 1.807) is 18.2 Å². The van der Waals surface area contributed by atoms with Crippen LogP contribution in [0.2, 0.25) is 0 Å². The predicted molar refractivity (Wildman–Crippen MR) is 120 cm³/mol. The van der Waals surface area contributed by atoms with Crippen LogP contribution in [0.5, 0.6) is 0 Å². The zero-order valence-electron chi connectivity index (χ0n) is 18.8. The third kappa shape index (κ3) is 5.77. The second-order valence-electron chi connectivity index (χ2n) is 8.47. The fourth-order valence-electron chi connectivity index (χ4n) is 4.13. The SMILES string of the molecule is COCC(=O)c1ccc2oc([C@@H](NC(=O)OCc3ccccc3)C3CCC(F)(F)CC3)nc2c1. The van der Waals surface area contributed by atoms with Gasteiger partial charge in [-0.25, -0.2) is 18.6 Å². The summed E-state index contributed by atoms with van der Waals surface area (Å²) in [6.45, 7) is 0.00456. The summed E-state index contributed by atoms with van der Waals surface area (Å²) in [5, 5.41) is 2.77. The number of nitrogens with one attached hydrogen (secondary N) is 1. The number of Topliss-reactive ketones (excluding diaryl/α,β-unsaturated/α-hetero) is 1. The standard InChI is InChI=1S/C25H26F2N2O5/c1-32-15-20(30)18-7-8-21-19(13-18)28-23(34-21)22(17-9-11-25(26,27)12-10-17)29-24(31)33-14-16-5-3-2-4-6-16/h2-8,13,17,22H,9-12,14-15H2,1H3,(H,29,31)/t22-/m0/s1. The Bertz CT molecular complexity index is 1140. The van der Waals surface area contributed by atoms with Crippen molar-refractivity contribution in [3.05, 3.63) is 65.5 Å². The zero-order valence-corrected chi connectivity index (χ0v) is 18.8. The minimum atomic E-state index is -2.72.